The molecule has 1 N–H and O–H groups in total. The highest BCUT2D eigenvalue weighted by atomic mass is 16.5. The van der Waals surface area contributed by atoms with E-state index in [9.17, 15) is 0 Å². The normalized spacial score (nSPS) is 24.9. The topological polar surface area (TPSA) is 21.3 Å². The fourth-order valence-corrected chi connectivity index (χ4v) is 3.63. The van der Waals surface area contributed by atoms with Crippen molar-refractivity contribution in [2.24, 2.45) is 5.41 Å². The number of hydrogen-bond donors (Lipinski definition) is 1. The maximum absolute atomic E-state index is 6.49. The molecule has 0 bridgehead atoms. The lowest BCUT2D eigenvalue weighted by molar-refractivity contribution is 0.0368. The van der Waals surface area contributed by atoms with Crippen LogP contribution >= 0.6 is 0 Å². The molecule has 2 nitrogen and oxygen atoms in total. The summed E-state index contributed by atoms with van der Waals surface area (Å²) in [4.78, 5) is 0. The molecule has 2 heteroatoms. The first-order valence-corrected chi connectivity index (χ1v) is 8.33. The third-order valence-electron chi connectivity index (χ3n) is 4.99. The van der Waals surface area contributed by atoms with Gasteiger partial charge in [-0.25, -0.2) is 0 Å². The summed E-state index contributed by atoms with van der Waals surface area (Å²) in [6.07, 6.45) is 3.95. The van der Waals surface area contributed by atoms with E-state index < -0.39 is 0 Å². The number of nitrogens with one attached hydrogen (secondary N) is 1. The first-order valence-electron chi connectivity index (χ1n) is 8.33. The van der Waals surface area contributed by atoms with Crippen molar-refractivity contribution in [3.05, 3.63) is 28.8 Å². The van der Waals surface area contributed by atoms with E-state index in [2.05, 4.69) is 59.0 Å². The standard InChI is InChI=1S/C19H31NO/c1-7-20-18-16(9-8-10-19(18,5)6)21-17-12-13(2)11-14(3)15(17)4/h11-12,16,18,20H,7-10H2,1-6H3. The van der Waals surface area contributed by atoms with E-state index in [1.54, 1.807) is 0 Å². The van der Waals surface area contributed by atoms with Crippen LogP contribution in [0.1, 0.15) is 56.7 Å². The first kappa shape index (κ1) is 16.4. The molecule has 0 saturated heterocycles. The number of likely N-dealkylation sites (N-methyl/N-ethyl adjacent to an activating group) is 1. The Hall–Kier alpha value is -1.02. The smallest absolute Gasteiger partial charge is 0.123 e. The van der Waals surface area contributed by atoms with Crippen LogP contribution in [-0.4, -0.2) is 18.7 Å². The molecule has 0 amide bonds. The number of hydrogen-bond acceptors (Lipinski definition) is 2. The first-order chi connectivity index (χ1) is 9.85. The van der Waals surface area contributed by atoms with E-state index in [0.29, 0.717) is 11.5 Å². The summed E-state index contributed by atoms with van der Waals surface area (Å²) >= 11 is 0. The van der Waals surface area contributed by atoms with Crippen molar-refractivity contribution in [2.45, 2.75) is 73.0 Å². The Kier molecular flexibility index (Phi) is 4.98. The minimum Gasteiger partial charge on any atom is -0.488 e. The van der Waals surface area contributed by atoms with Gasteiger partial charge in [0.1, 0.15) is 11.9 Å². The van der Waals surface area contributed by atoms with E-state index in [4.69, 9.17) is 4.74 Å². The second-order valence-corrected chi connectivity index (χ2v) is 7.28. The molecule has 1 aromatic rings. The Morgan fingerprint density at radius 3 is 2.62 bits per heavy atom. The van der Waals surface area contributed by atoms with Crippen LogP contribution in [0.2, 0.25) is 0 Å². The Bertz CT molecular complexity index is 493. The van der Waals surface area contributed by atoms with Gasteiger partial charge in [-0.05, 0) is 74.8 Å². The summed E-state index contributed by atoms with van der Waals surface area (Å²) in [7, 11) is 0. The molecule has 0 heterocycles. The Balaban J connectivity index is 2.24. The van der Waals surface area contributed by atoms with Gasteiger partial charge >= 0.3 is 0 Å². The fraction of sp³-hybridized carbons (Fsp3) is 0.684. The van der Waals surface area contributed by atoms with Crippen molar-refractivity contribution in [3.8, 4) is 5.75 Å². The van der Waals surface area contributed by atoms with Crippen LogP contribution in [0.3, 0.4) is 0 Å². The lowest BCUT2D eigenvalue weighted by atomic mass is 9.71. The van der Waals surface area contributed by atoms with Crippen LogP contribution in [0.5, 0.6) is 5.75 Å². The zero-order valence-corrected chi connectivity index (χ0v) is 14.5. The Morgan fingerprint density at radius 1 is 1.24 bits per heavy atom. The molecule has 2 atom stereocenters. The summed E-state index contributed by atoms with van der Waals surface area (Å²) in [6.45, 7) is 14.4. The third-order valence-corrected chi connectivity index (χ3v) is 4.99. The minimum atomic E-state index is 0.272. The molecule has 1 aliphatic carbocycles. The molecule has 118 valence electrons. The molecule has 1 fully saturated rings. The van der Waals surface area contributed by atoms with Crippen molar-refractivity contribution in [2.75, 3.05) is 6.54 Å². The minimum absolute atomic E-state index is 0.272. The van der Waals surface area contributed by atoms with E-state index in [-0.39, 0.29) is 6.10 Å². The molecule has 1 aliphatic rings. The highest BCUT2D eigenvalue weighted by Gasteiger charge is 2.39. The SMILES string of the molecule is CCNC1C(Oc2cc(C)cc(C)c2C)CCCC1(C)C. The Labute approximate surface area is 130 Å². The molecular formula is C19H31NO. The van der Waals surface area contributed by atoms with Gasteiger partial charge in [-0.15, -0.1) is 0 Å². The fourth-order valence-electron chi connectivity index (χ4n) is 3.63. The molecule has 2 unspecified atom stereocenters. The van der Waals surface area contributed by atoms with Gasteiger partial charge in [-0.3, -0.25) is 0 Å². The van der Waals surface area contributed by atoms with Crippen LogP contribution in [0, 0.1) is 26.2 Å². The molecule has 2 rings (SSSR count). The van der Waals surface area contributed by atoms with Crippen molar-refractivity contribution >= 4 is 0 Å². The zero-order chi connectivity index (χ0) is 15.6. The van der Waals surface area contributed by atoms with Crippen LogP contribution in [-0.2, 0) is 0 Å². The van der Waals surface area contributed by atoms with E-state index in [1.165, 1.54) is 29.5 Å². The van der Waals surface area contributed by atoms with Crippen LogP contribution in [0.4, 0.5) is 0 Å². The lowest BCUT2D eigenvalue weighted by Crippen LogP contribution is -2.54. The van der Waals surface area contributed by atoms with Gasteiger partial charge in [0.15, 0.2) is 0 Å². The zero-order valence-electron chi connectivity index (χ0n) is 14.5. The molecule has 0 aliphatic heterocycles. The van der Waals surface area contributed by atoms with E-state index in [0.717, 1.165) is 18.7 Å². The van der Waals surface area contributed by atoms with Crippen LogP contribution in [0.25, 0.3) is 0 Å². The molecule has 1 aromatic carbocycles. The summed E-state index contributed by atoms with van der Waals surface area (Å²) < 4.78 is 6.49. The van der Waals surface area contributed by atoms with E-state index >= 15 is 0 Å². The van der Waals surface area contributed by atoms with Crippen molar-refractivity contribution in [1.29, 1.82) is 0 Å². The largest absolute Gasteiger partial charge is 0.488 e. The van der Waals surface area contributed by atoms with Crippen molar-refractivity contribution in [3.63, 3.8) is 0 Å². The predicted molar refractivity (Wildman–Crippen MR) is 90.2 cm³/mol. The second kappa shape index (κ2) is 6.39. The molecule has 0 aromatic heterocycles. The molecule has 21 heavy (non-hydrogen) atoms. The van der Waals surface area contributed by atoms with Gasteiger partial charge in [0.2, 0.25) is 0 Å². The van der Waals surface area contributed by atoms with Gasteiger partial charge in [-0.1, -0.05) is 26.8 Å². The summed E-state index contributed by atoms with van der Waals surface area (Å²) in [5, 5.41) is 3.67. The van der Waals surface area contributed by atoms with Gasteiger partial charge in [0.25, 0.3) is 0 Å². The van der Waals surface area contributed by atoms with E-state index in [1.807, 2.05) is 0 Å². The summed E-state index contributed by atoms with van der Waals surface area (Å²) in [5.74, 6) is 1.07. The van der Waals surface area contributed by atoms with Gasteiger partial charge in [-0.2, -0.15) is 0 Å². The highest BCUT2D eigenvalue weighted by Crippen LogP contribution is 2.38. The monoisotopic (exact) mass is 289 g/mol. The lowest BCUT2D eigenvalue weighted by Gasteiger charge is -2.44. The molecular weight excluding hydrogens is 258 g/mol. The highest BCUT2D eigenvalue weighted by molar-refractivity contribution is 5.42. The van der Waals surface area contributed by atoms with Crippen LogP contribution < -0.4 is 10.1 Å². The molecule has 1 saturated carbocycles. The van der Waals surface area contributed by atoms with Gasteiger partial charge in [0, 0.05) is 6.04 Å². The molecule has 0 spiro atoms. The van der Waals surface area contributed by atoms with Gasteiger partial charge in [0.05, 0.1) is 0 Å². The Morgan fingerprint density at radius 2 is 1.95 bits per heavy atom. The maximum atomic E-state index is 6.49. The van der Waals surface area contributed by atoms with Crippen LogP contribution in [0.15, 0.2) is 12.1 Å². The quantitative estimate of drug-likeness (QED) is 0.878. The average Bonchev–Trinajstić information content (AvgIpc) is 2.39. The maximum Gasteiger partial charge on any atom is 0.123 e. The number of ether oxygens (including phenoxy) is 1. The number of benzene rings is 1. The summed E-state index contributed by atoms with van der Waals surface area (Å²) in [6, 6.07) is 4.85. The van der Waals surface area contributed by atoms with Gasteiger partial charge < -0.3 is 10.1 Å². The summed E-state index contributed by atoms with van der Waals surface area (Å²) in [5.41, 5.74) is 4.17. The predicted octanol–water partition coefficient (Wildman–Crippen LogP) is 4.55. The van der Waals surface area contributed by atoms with Crippen molar-refractivity contribution in [1.82, 2.24) is 5.32 Å². The third kappa shape index (κ3) is 3.60. The van der Waals surface area contributed by atoms with Crippen molar-refractivity contribution < 1.29 is 4.74 Å². The average molecular weight is 289 g/mol. The number of rotatable bonds is 4. The second-order valence-electron chi connectivity index (χ2n) is 7.28. The number of aryl methyl sites for hydroxylation is 2. The molecule has 0 radical (unpaired) electrons.